The van der Waals surface area contributed by atoms with Crippen LogP contribution in [0.1, 0.15) is 29.5 Å². The molecule has 0 bridgehead atoms. The molecule has 1 aromatic carbocycles. The lowest BCUT2D eigenvalue weighted by Gasteiger charge is -2.38. The summed E-state index contributed by atoms with van der Waals surface area (Å²) in [6.07, 6.45) is 1.66. The van der Waals surface area contributed by atoms with Crippen molar-refractivity contribution in [2.75, 3.05) is 19.8 Å². The van der Waals surface area contributed by atoms with Gasteiger partial charge in [-0.05, 0) is 32.4 Å². The Morgan fingerprint density at radius 3 is 2.53 bits per heavy atom. The fourth-order valence-corrected chi connectivity index (χ4v) is 2.44. The van der Waals surface area contributed by atoms with Crippen LogP contribution in [-0.4, -0.2) is 19.8 Å². The van der Waals surface area contributed by atoms with Crippen molar-refractivity contribution >= 4 is 0 Å². The summed E-state index contributed by atoms with van der Waals surface area (Å²) in [6, 6.07) is 6.36. The summed E-state index contributed by atoms with van der Waals surface area (Å²) < 4.78 is 11.8. The number of nitrogens with two attached hydrogens (primary N) is 1. The quantitative estimate of drug-likeness (QED) is 0.874. The molecule has 0 radical (unpaired) electrons. The summed E-state index contributed by atoms with van der Waals surface area (Å²) in [7, 11) is 0. The van der Waals surface area contributed by atoms with Crippen LogP contribution in [-0.2, 0) is 15.3 Å². The van der Waals surface area contributed by atoms with Crippen LogP contribution >= 0.6 is 0 Å². The molecule has 17 heavy (non-hydrogen) atoms. The highest BCUT2D eigenvalue weighted by molar-refractivity contribution is 5.34. The van der Waals surface area contributed by atoms with Gasteiger partial charge in [0.25, 0.3) is 0 Å². The van der Waals surface area contributed by atoms with Crippen molar-refractivity contribution in [3.8, 4) is 0 Å². The van der Waals surface area contributed by atoms with Crippen LogP contribution in [0.3, 0.4) is 0 Å². The van der Waals surface area contributed by atoms with Crippen molar-refractivity contribution in [2.45, 2.75) is 32.5 Å². The van der Waals surface area contributed by atoms with E-state index < -0.39 is 5.79 Å². The highest BCUT2D eigenvalue weighted by atomic mass is 16.7. The summed E-state index contributed by atoms with van der Waals surface area (Å²) in [4.78, 5) is 0. The second-order valence-corrected chi connectivity index (χ2v) is 4.66. The van der Waals surface area contributed by atoms with Gasteiger partial charge in [-0.2, -0.15) is 0 Å². The van der Waals surface area contributed by atoms with E-state index >= 15 is 0 Å². The van der Waals surface area contributed by atoms with Gasteiger partial charge >= 0.3 is 0 Å². The van der Waals surface area contributed by atoms with Crippen molar-refractivity contribution < 1.29 is 9.47 Å². The second-order valence-electron chi connectivity index (χ2n) is 4.66. The Bertz CT molecular complexity index is 378. The number of hydrogen-bond acceptors (Lipinski definition) is 3. The monoisotopic (exact) mass is 235 g/mol. The third kappa shape index (κ3) is 2.51. The molecule has 2 N–H and O–H groups in total. The Balaban J connectivity index is 2.37. The normalized spacial score (nSPS) is 19.2. The molecule has 0 spiro atoms. The lowest BCUT2D eigenvalue weighted by atomic mass is 9.95. The predicted octanol–water partition coefficient (Wildman–Crippen LogP) is 2.24. The summed E-state index contributed by atoms with van der Waals surface area (Å²) in [5.41, 5.74) is 9.28. The predicted molar refractivity (Wildman–Crippen MR) is 67.8 cm³/mol. The maximum Gasteiger partial charge on any atom is 0.196 e. The first kappa shape index (κ1) is 12.6. The van der Waals surface area contributed by atoms with E-state index in [1.54, 1.807) is 0 Å². The second kappa shape index (κ2) is 5.17. The molecule has 3 heteroatoms. The number of hydrogen-bond donors (Lipinski definition) is 1. The average molecular weight is 235 g/mol. The number of aryl methyl sites for hydroxylation is 2. The summed E-state index contributed by atoms with van der Waals surface area (Å²) in [6.45, 7) is 6.24. The maximum atomic E-state index is 5.91. The van der Waals surface area contributed by atoms with E-state index in [4.69, 9.17) is 15.2 Å². The molecule has 0 aromatic heterocycles. The van der Waals surface area contributed by atoms with E-state index in [-0.39, 0.29) is 0 Å². The van der Waals surface area contributed by atoms with E-state index in [0.29, 0.717) is 13.0 Å². The van der Waals surface area contributed by atoms with Gasteiger partial charge in [-0.3, -0.25) is 0 Å². The van der Waals surface area contributed by atoms with E-state index in [1.165, 1.54) is 11.1 Å². The molecular weight excluding hydrogens is 214 g/mol. The zero-order valence-corrected chi connectivity index (χ0v) is 10.7. The van der Waals surface area contributed by atoms with Crippen LogP contribution < -0.4 is 5.73 Å². The Hall–Kier alpha value is -0.900. The minimum absolute atomic E-state index is 0.563. The zero-order chi connectivity index (χ0) is 12.3. The molecule has 1 aliphatic rings. The van der Waals surface area contributed by atoms with Crippen LogP contribution in [0, 0.1) is 13.8 Å². The molecule has 1 heterocycles. The van der Waals surface area contributed by atoms with Gasteiger partial charge in [0.15, 0.2) is 5.79 Å². The standard InChI is InChI=1S/C14H21NO2/c1-11-4-5-13(12(2)10-11)14(6-7-15)16-8-3-9-17-14/h4-5,10H,3,6-9,15H2,1-2H3. The van der Waals surface area contributed by atoms with Crippen molar-refractivity contribution in [2.24, 2.45) is 5.73 Å². The first-order valence-electron chi connectivity index (χ1n) is 6.24. The van der Waals surface area contributed by atoms with Gasteiger partial charge in [-0.15, -0.1) is 0 Å². The third-order valence-corrected chi connectivity index (χ3v) is 3.22. The first-order chi connectivity index (χ1) is 8.18. The van der Waals surface area contributed by atoms with Crippen LogP contribution in [0.4, 0.5) is 0 Å². The van der Waals surface area contributed by atoms with Gasteiger partial charge in [0.05, 0.1) is 13.2 Å². The molecule has 0 amide bonds. The van der Waals surface area contributed by atoms with Crippen LogP contribution in [0.15, 0.2) is 18.2 Å². The van der Waals surface area contributed by atoms with E-state index in [9.17, 15) is 0 Å². The highest BCUT2D eigenvalue weighted by Gasteiger charge is 2.37. The summed E-state index contributed by atoms with van der Waals surface area (Å²) >= 11 is 0. The molecule has 1 aromatic rings. The lowest BCUT2D eigenvalue weighted by molar-refractivity contribution is -0.278. The maximum absolute atomic E-state index is 5.91. The zero-order valence-electron chi connectivity index (χ0n) is 10.7. The SMILES string of the molecule is Cc1ccc(C2(CCN)OCCCO2)c(C)c1. The van der Waals surface area contributed by atoms with Crippen molar-refractivity contribution in [3.63, 3.8) is 0 Å². The minimum atomic E-state index is -0.620. The highest BCUT2D eigenvalue weighted by Crippen LogP contribution is 2.35. The topological polar surface area (TPSA) is 44.5 Å². The van der Waals surface area contributed by atoms with Gasteiger partial charge in [0.2, 0.25) is 0 Å². The van der Waals surface area contributed by atoms with Gasteiger partial charge in [0.1, 0.15) is 0 Å². The largest absolute Gasteiger partial charge is 0.346 e. The molecule has 2 rings (SSSR count). The van der Waals surface area contributed by atoms with Gasteiger partial charge in [-0.25, -0.2) is 0 Å². The van der Waals surface area contributed by atoms with Crippen LogP contribution in [0.5, 0.6) is 0 Å². The fraction of sp³-hybridized carbons (Fsp3) is 0.571. The van der Waals surface area contributed by atoms with E-state index in [0.717, 1.165) is 25.2 Å². The van der Waals surface area contributed by atoms with E-state index in [2.05, 4.69) is 32.0 Å². The molecule has 1 saturated heterocycles. The summed E-state index contributed by atoms with van der Waals surface area (Å²) in [5, 5.41) is 0. The molecule has 1 aliphatic heterocycles. The third-order valence-electron chi connectivity index (χ3n) is 3.22. The molecular formula is C14H21NO2. The summed E-state index contributed by atoms with van der Waals surface area (Å²) in [5.74, 6) is -0.620. The van der Waals surface area contributed by atoms with Gasteiger partial charge < -0.3 is 15.2 Å². The smallest absolute Gasteiger partial charge is 0.196 e. The van der Waals surface area contributed by atoms with Gasteiger partial charge in [-0.1, -0.05) is 23.8 Å². The first-order valence-corrected chi connectivity index (χ1v) is 6.24. The lowest BCUT2D eigenvalue weighted by Crippen LogP contribution is -2.40. The molecule has 0 aliphatic carbocycles. The number of rotatable bonds is 3. The Labute approximate surface area is 103 Å². The number of benzene rings is 1. The van der Waals surface area contributed by atoms with Gasteiger partial charge in [0, 0.05) is 12.0 Å². The Morgan fingerprint density at radius 2 is 1.94 bits per heavy atom. The number of ether oxygens (including phenoxy) is 2. The Morgan fingerprint density at radius 1 is 1.24 bits per heavy atom. The molecule has 0 saturated carbocycles. The van der Waals surface area contributed by atoms with Crippen LogP contribution in [0.25, 0.3) is 0 Å². The molecule has 0 atom stereocenters. The average Bonchev–Trinajstić information content (AvgIpc) is 2.30. The fourth-order valence-electron chi connectivity index (χ4n) is 2.44. The minimum Gasteiger partial charge on any atom is -0.346 e. The van der Waals surface area contributed by atoms with E-state index in [1.807, 2.05) is 0 Å². The van der Waals surface area contributed by atoms with Crippen molar-refractivity contribution in [1.82, 2.24) is 0 Å². The Kier molecular flexibility index (Phi) is 3.82. The molecule has 3 nitrogen and oxygen atoms in total. The molecule has 94 valence electrons. The molecule has 0 unspecified atom stereocenters. The van der Waals surface area contributed by atoms with Crippen molar-refractivity contribution in [3.05, 3.63) is 34.9 Å². The molecule has 1 fully saturated rings. The van der Waals surface area contributed by atoms with Crippen molar-refractivity contribution in [1.29, 1.82) is 0 Å². The van der Waals surface area contributed by atoms with Crippen LogP contribution in [0.2, 0.25) is 0 Å².